The summed E-state index contributed by atoms with van der Waals surface area (Å²) in [5.74, 6) is -2.60. The van der Waals surface area contributed by atoms with E-state index in [-0.39, 0.29) is 18.8 Å². The van der Waals surface area contributed by atoms with Crippen LogP contribution in [0.1, 0.15) is 27.7 Å². The molecule has 0 aliphatic carbocycles. The Hall–Kier alpha value is -0.240. The number of rotatable bonds is 1. The van der Waals surface area contributed by atoms with Gasteiger partial charge in [-0.2, -0.15) is 0 Å². The minimum Gasteiger partial charge on any atom is -0.391 e. The molecule has 104 valence electrons. The molecule has 3 aliphatic rings. The van der Waals surface area contributed by atoms with Crippen molar-refractivity contribution in [2.75, 3.05) is 13.2 Å². The molecule has 0 amide bonds. The molecule has 0 bridgehead atoms. The first-order valence-corrected chi connectivity index (χ1v) is 6.25. The molecule has 6 heteroatoms. The van der Waals surface area contributed by atoms with Crippen LogP contribution in [0, 0.1) is 0 Å². The maximum absolute atomic E-state index is 9.61. The summed E-state index contributed by atoms with van der Waals surface area (Å²) >= 11 is 0. The van der Waals surface area contributed by atoms with Gasteiger partial charge in [-0.15, -0.1) is 0 Å². The molecule has 0 spiro atoms. The third-order valence-corrected chi connectivity index (χ3v) is 3.51. The van der Waals surface area contributed by atoms with Gasteiger partial charge in [-0.25, -0.2) is 0 Å². The summed E-state index contributed by atoms with van der Waals surface area (Å²) in [6.07, 6.45) is -1.00. The fourth-order valence-electron chi connectivity index (χ4n) is 2.89. The summed E-state index contributed by atoms with van der Waals surface area (Å²) in [6, 6.07) is 0. The van der Waals surface area contributed by atoms with Crippen LogP contribution in [0.15, 0.2) is 0 Å². The van der Waals surface area contributed by atoms with E-state index in [1.54, 1.807) is 13.8 Å². The Bertz CT molecular complexity index is 354. The van der Waals surface area contributed by atoms with Crippen LogP contribution in [0.25, 0.3) is 0 Å². The summed E-state index contributed by atoms with van der Waals surface area (Å²) in [5, 5.41) is 9.61. The molecule has 3 rings (SSSR count). The highest BCUT2D eigenvalue weighted by Crippen LogP contribution is 2.48. The Labute approximate surface area is 106 Å². The molecular weight excluding hydrogens is 240 g/mol. The van der Waals surface area contributed by atoms with Crippen LogP contribution in [0.3, 0.4) is 0 Å². The van der Waals surface area contributed by atoms with Gasteiger partial charge in [-0.1, -0.05) is 0 Å². The van der Waals surface area contributed by atoms with E-state index in [0.717, 1.165) is 0 Å². The first-order valence-electron chi connectivity index (χ1n) is 6.25. The Morgan fingerprint density at radius 3 is 2.44 bits per heavy atom. The van der Waals surface area contributed by atoms with Crippen LogP contribution in [0.4, 0.5) is 0 Å². The van der Waals surface area contributed by atoms with Crippen molar-refractivity contribution in [2.24, 2.45) is 0 Å². The van der Waals surface area contributed by atoms with Crippen molar-refractivity contribution in [3.8, 4) is 0 Å². The maximum atomic E-state index is 9.61. The first kappa shape index (κ1) is 12.8. The summed E-state index contributed by atoms with van der Waals surface area (Å²) in [6.45, 7) is 7.43. The second kappa shape index (κ2) is 3.65. The van der Waals surface area contributed by atoms with Gasteiger partial charge < -0.3 is 28.8 Å². The summed E-state index contributed by atoms with van der Waals surface area (Å²) in [4.78, 5) is 0. The van der Waals surface area contributed by atoms with Crippen molar-refractivity contribution in [3.63, 3.8) is 0 Å². The number of fused-ring (bicyclic) bond motifs is 3. The average molecular weight is 260 g/mol. The molecule has 18 heavy (non-hydrogen) atoms. The lowest BCUT2D eigenvalue weighted by atomic mass is 10.0. The molecule has 3 aliphatic heterocycles. The van der Waals surface area contributed by atoms with Crippen LogP contribution in [-0.4, -0.2) is 54.0 Å². The largest absolute Gasteiger partial charge is 0.391 e. The molecule has 0 aromatic carbocycles. The Balaban J connectivity index is 1.88. The van der Waals surface area contributed by atoms with E-state index >= 15 is 0 Å². The molecule has 0 aromatic rings. The van der Waals surface area contributed by atoms with E-state index in [9.17, 15) is 5.11 Å². The SMILES string of the molecule is CC1(C)OC[C@@H]2O[C@@]3(CO)OC(C)(C)OC3[C@@H]2O1. The van der Waals surface area contributed by atoms with Gasteiger partial charge in [-0.3, -0.25) is 0 Å². The van der Waals surface area contributed by atoms with E-state index in [4.69, 9.17) is 23.7 Å². The van der Waals surface area contributed by atoms with Gasteiger partial charge in [0.15, 0.2) is 11.6 Å². The number of aliphatic hydroxyl groups is 1. The van der Waals surface area contributed by atoms with Crippen molar-refractivity contribution in [3.05, 3.63) is 0 Å². The fraction of sp³-hybridized carbons (Fsp3) is 1.00. The second-order valence-electron chi connectivity index (χ2n) is 5.96. The van der Waals surface area contributed by atoms with Crippen molar-refractivity contribution in [1.29, 1.82) is 0 Å². The lowest BCUT2D eigenvalue weighted by Gasteiger charge is -2.38. The van der Waals surface area contributed by atoms with Gasteiger partial charge in [0.25, 0.3) is 0 Å². The van der Waals surface area contributed by atoms with Gasteiger partial charge >= 0.3 is 0 Å². The number of ether oxygens (including phenoxy) is 5. The summed E-state index contributed by atoms with van der Waals surface area (Å²) in [7, 11) is 0. The minimum absolute atomic E-state index is 0.266. The molecule has 3 saturated heterocycles. The van der Waals surface area contributed by atoms with E-state index in [0.29, 0.717) is 6.61 Å². The van der Waals surface area contributed by atoms with E-state index in [1.807, 2.05) is 13.8 Å². The van der Waals surface area contributed by atoms with E-state index in [2.05, 4.69) is 0 Å². The highest BCUT2D eigenvalue weighted by Gasteiger charge is 2.67. The number of aliphatic hydroxyl groups excluding tert-OH is 1. The quantitative estimate of drug-likeness (QED) is 0.735. The monoisotopic (exact) mass is 260 g/mol. The molecule has 4 atom stereocenters. The topological polar surface area (TPSA) is 66.4 Å². The van der Waals surface area contributed by atoms with Gasteiger partial charge in [0.2, 0.25) is 5.79 Å². The van der Waals surface area contributed by atoms with Crippen LogP contribution in [0.5, 0.6) is 0 Å². The van der Waals surface area contributed by atoms with Crippen LogP contribution < -0.4 is 0 Å². The Morgan fingerprint density at radius 1 is 1.06 bits per heavy atom. The zero-order valence-electron chi connectivity index (χ0n) is 11.1. The van der Waals surface area contributed by atoms with Gasteiger partial charge in [0.05, 0.1) is 6.61 Å². The van der Waals surface area contributed by atoms with Gasteiger partial charge in [-0.05, 0) is 27.7 Å². The fourth-order valence-corrected chi connectivity index (χ4v) is 2.89. The van der Waals surface area contributed by atoms with Crippen LogP contribution in [0.2, 0.25) is 0 Å². The molecule has 1 unspecified atom stereocenters. The second-order valence-corrected chi connectivity index (χ2v) is 5.96. The van der Waals surface area contributed by atoms with Crippen molar-refractivity contribution in [2.45, 2.75) is 63.4 Å². The number of hydrogen-bond acceptors (Lipinski definition) is 6. The van der Waals surface area contributed by atoms with Crippen LogP contribution >= 0.6 is 0 Å². The van der Waals surface area contributed by atoms with Crippen molar-refractivity contribution < 1.29 is 28.8 Å². The van der Waals surface area contributed by atoms with Gasteiger partial charge in [0.1, 0.15) is 24.9 Å². The Kier molecular flexibility index (Phi) is 2.59. The molecular formula is C12H20O6. The molecule has 6 nitrogen and oxygen atoms in total. The molecule has 1 N–H and O–H groups in total. The lowest BCUT2D eigenvalue weighted by Crippen LogP contribution is -2.51. The third-order valence-electron chi connectivity index (χ3n) is 3.51. The zero-order valence-corrected chi connectivity index (χ0v) is 11.1. The summed E-state index contributed by atoms with van der Waals surface area (Å²) < 4.78 is 28.8. The van der Waals surface area contributed by atoms with Crippen molar-refractivity contribution >= 4 is 0 Å². The average Bonchev–Trinajstić information content (AvgIpc) is 2.66. The molecule has 0 saturated carbocycles. The first-order chi connectivity index (χ1) is 8.27. The van der Waals surface area contributed by atoms with E-state index < -0.39 is 23.5 Å². The molecule has 0 aromatic heterocycles. The molecule has 3 heterocycles. The summed E-state index contributed by atoms with van der Waals surface area (Å²) in [5.41, 5.74) is 0. The smallest absolute Gasteiger partial charge is 0.224 e. The predicted molar refractivity (Wildman–Crippen MR) is 59.6 cm³/mol. The lowest BCUT2D eigenvalue weighted by molar-refractivity contribution is -0.330. The van der Waals surface area contributed by atoms with E-state index in [1.165, 1.54) is 0 Å². The van der Waals surface area contributed by atoms with Crippen LogP contribution in [-0.2, 0) is 23.7 Å². The molecule has 0 radical (unpaired) electrons. The highest BCUT2D eigenvalue weighted by atomic mass is 16.9. The number of hydrogen-bond donors (Lipinski definition) is 1. The molecule has 3 fully saturated rings. The Morgan fingerprint density at radius 2 is 1.78 bits per heavy atom. The maximum Gasteiger partial charge on any atom is 0.224 e. The predicted octanol–water partition coefficient (Wildman–Crippen LogP) is 0.377. The zero-order chi connectivity index (χ0) is 13.2. The highest BCUT2D eigenvalue weighted by molar-refractivity contribution is 5.04. The normalized spacial score (nSPS) is 48.8. The minimum atomic E-state index is -1.14. The van der Waals surface area contributed by atoms with Crippen molar-refractivity contribution in [1.82, 2.24) is 0 Å². The third kappa shape index (κ3) is 1.79. The standard InChI is InChI=1S/C12H20O6/c1-10(2)14-5-7-8(16-10)9-12(6-13,15-7)18-11(3,4)17-9/h7-9,13H,5-6H2,1-4H3/t7-,8+,9?,12-/m0/s1. The van der Waals surface area contributed by atoms with Gasteiger partial charge in [0, 0.05) is 0 Å².